The summed E-state index contributed by atoms with van der Waals surface area (Å²) in [5.74, 6) is 1.66. The first-order chi connectivity index (χ1) is 13.9. The topological polar surface area (TPSA) is 56.0 Å². The molecule has 5 nitrogen and oxygen atoms in total. The third kappa shape index (κ3) is 4.56. The average molecular weight is 415 g/mol. The Hall–Kier alpha value is -2.94. The largest absolute Gasteiger partial charge is 0.417 e. The van der Waals surface area contributed by atoms with Gasteiger partial charge in [-0.2, -0.15) is 18.2 Å². The van der Waals surface area contributed by atoms with Crippen LogP contribution in [0.15, 0.2) is 59.8 Å². The van der Waals surface area contributed by atoms with E-state index in [4.69, 9.17) is 0 Å². The Morgan fingerprint density at radius 1 is 1.03 bits per heavy atom. The molecule has 0 radical (unpaired) electrons. The lowest BCUT2D eigenvalue weighted by Gasteiger charge is -2.07. The highest BCUT2D eigenvalue weighted by molar-refractivity contribution is 7.98. The molecule has 4 aromatic rings. The summed E-state index contributed by atoms with van der Waals surface area (Å²) in [5.41, 5.74) is 2.01. The summed E-state index contributed by atoms with van der Waals surface area (Å²) >= 11 is 1.32. The monoisotopic (exact) mass is 415 g/mol. The minimum Gasteiger partial charge on any atom is -0.249 e. The highest BCUT2D eigenvalue weighted by atomic mass is 32.2. The summed E-state index contributed by atoms with van der Waals surface area (Å²) < 4.78 is 39.6. The summed E-state index contributed by atoms with van der Waals surface area (Å²) in [7, 11) is 0. The third-order valence-electron chi connectivity index (χ3n) is 4.22. The molecule has 0 saturated heterocycles. The molecule has 148 valence electrons. The minimum atomic E-state index is -4.38. The Balaban J connectivity index is 1.49. The normalized spacial score (nSPS) is 11.9. The number of pyridine rings is 1. The van der Waals surface area contributed by atoms with Gasteiger partial charge in [-0.15, -0.1) is 16.9 Å². The fourth-order valence-electron chi connectivity index (χ4n) is 2.83. The Morgan fingerprint density at radius 2 is 1.83 bits per heavy atom. The maximum absolute atomic E-state index is 12.6. The molecule has 3 aromatic heterocycles. The van der Waals surface area contributed by atoms with Crippen LogP contribution in [-0.2, 0) is 18.3 Å². The first-order valence-corrected chi connectivity index (χ1v) is 9.79. The molecule has 0 bridgehead atoms. The fraction of sp³-hybridized carbons (Fsp3) is 0.200. The average Bonchev–Trinajstić information content (AvgIpc) is 3.10. The molecule has 1 aromatic carbocycles. The van der Waals surface area contributed by atoms with Gasteiger partial charge in [0.2, 0.25) is 0 Å². The van der Waals surface area contributed by atoms with Crippen molar-refractivity contribution in [3.63, 3.8) is 0 Å². The van der Waals surface area contributed by atoms with E-state index in [9.17, 15) is 13.2 Å². The SMILES string of the molecule is Cc1cc(CSc2ccc(C(F)(F)F)cn2)nc2nc(Cc3ccccc3)nn12. The van der Waals surface area contributed by atoms with Gasteiger partial charge in [-0.1, -0.05) is 30.3 Å². The fourth-order valence-corrected chi connectivity index (χ4v) is 3.56. The maximum atomic E-state index is 12.6. The number of aromatic nitrogens is 5. The summed E-state index contributed by atoms with van der Waals surface area (Å²) in [5, 5.41) is 5.02. The van der Waals surface area contributed by atoms with Crippen molar-refractivity contribution in [3.05, 3.63) is 83.1 Å². The Kier molecular flexibility index (Phi) is 5.23. The molecule has 0 aliphatic heterocycles. The van der Waals surface area contributed by atoms with Crippen LogP contribution in [0.25, 0.3) is 5.78 Å². The van der Waals surface area contributed by atoms with Crippen LogP contribution in [0, 0.1) is 6.92 Å². The van der Waals surface area contributed by atoms with Gasteiger partial charge in [0.1, 0.15) is 0 Å². The van der Waals surface area contributed by atoms with Crippen LogP contribution < -0.4 is 0 Å². The molecule has 0 aliphatic carbocycles. The summed E-state index contributed by atoms with van der Waals surface area (Å²) in [6.07, 6.45) is -2.92. The number of halogens is 3. The molecule has 4 rings (SSSR count). The molecule has 0 fully saturated rings. The van der Waals surface area contributed by atoms with Crippen molar-refractivity contribution >= 4 is 17.5 Å². The molecular weight excluding hydrogens is 399 g/mol. The van der Waals surface area contributed by atoms with Gasteiger partial charge in [-0.3, -0.25) is 0 Å². The highest BCUT2D eigenvalue weighted by Gasteiger charge is 2.30. The lowest BCUT2D eigenvalue weighted by molar-refractivity contribution is -0.137. The first-order valence-electron chi connectivity index (χ1n) is 8.80. The molecule has 0 aliphatic rings. The zero-order valence-corrected chi connectivity index (χ0v) is 16.2. The second-order valence-electron chi connectivity index (χ2n) is 6.46. The molecule has 0 unspecified atom stereocenters. The minimum absolute atomic E-state index is 0.469. The zero-order chi connectivity index (χ0) is 20.4. The van der Waals surface area contributed by atoms with Crippen molar-refractivity contribution in [1.29, 1.82) is 0 Å². The van der Waals surface area contributed by atoms with Crippen molar-refractivity contribution in [2.45, 2.75) is 30.3 Å². The number of aryl methyl sites for hydroxylation is 1. The Bertz CT molecular complexity index is 1120. The summed E-state index contributed by atoms with van der Waals surface area (Å²) in [6.45, 7) is 1.92. The van der Waals surface area contributed by atoms with E-state index in [0.717, 1.165) is 29.2 Å². The number of rotatable bonds is 5. The first kappa shape index (κ1) is 19.4. The van der Waals surface area contributed by atoms with Crippen LogP contribution in [-0.4, -0.2) is 24.6 Å². The third-order valence-corrected chi connectivity index (χ3v) is 5.20. The molecule has 9 heteroatoms. The van der Waals surface area contributed by atoms with Crippen molar-refractivity contribution in [3.8, 4) is 0 Å². The highest BCUT2D eigenvalue weighted by Crippen LogP contribution is 2.30. The predicted molar refractivity (Wildman–Crippen MR) is 104 cm³/mol. The van der Waals surface area contributed by atoms with E-state index < -0.39 is 11.7 Å². The van der Waals surface area contributed by atoms with E-state index in [0.29, 0.717) is 28.8 Å². The van der Waals surface area contributed by atoms with E-state index in [1.807, 2.05) is 43.3 Å². The Morgan fingerprint density at radius 3 is 2.52 bits per heavy atom. The number of benzene rings is 1. The van der Waals surface area contributed by atoms with Crippen LogP contribution >= 0.6 is 11.8 Å². The number of thioether (sulfide) groups is 1. The van der Waals surface area contributed by atoms with Gasteiger partial charge in [-0.25, -0.2) is 14.5 Å². The van der Waals surface area contributed by atoms with Crippen LogP contribution in [0.1, 0.15) is 28.3 Å². The van der Waals surface area contributed by atoms with E-state index in [1.165, 1.54) is 17.8 Å². The molecule has 0 amide bonds. The van der Waals surface area contributed by atoms with Gasteiger partial charge in [0.25, 0.3) is 5.78 Å². The number of hydrogen-bond acceptors (Lipinski definition) is 5. The molecule has 3 heterocycles. The molecule has 0 saturated carbocycles. The van der Waals surface area contributed by atoms with E-state index >= 15 is 0 Å². The van der Waals surface area contributed by atoms with Crippen LogP contribution in [0.2, 0.25) is 0 Å². The van der Waals surface area contributed by atoms with Crippen LogP contribution in [0.4, 0.5) is 13.2 Å². The van der Waals surface area contributed by atoms with Crippen LogP contribution in [0.3, 0.4) is 0 Å². The van der Waals surface area contributed by atoms with Crippen LogP contribution in [0.5, 0.6) is 0 Å². The molecule has 0 atom stereocenters. The van der Waals surface area contributed by atoms with Crippen molar-refractivity contribution in [2.24, 2.45) is 0 Å². The maximum Gasteiger partial charge on any atom is 0.417 e. The molecular formula is C20H16F3N5S. The van der Waals surface area contributed by atoms with Gasteiger partial charge < -0.3 is 0 Å². The van der Waals surface area contributed by atoms with E-state index in [2.05, 4.69) is 20.1 Å². The Labute approximate surface area is 169 Å². The quantitative estimate of drug-likeness (QED) is 0.441. The molecule has 0 spiro atoms. The van der Waals surface area contributed by atoms with Gasteiger partial charge in [0.05, 0.1) is 16.3 Å². The second kappa shape index (κ2) is 7.82. The molecule has 29 heavy (non-hydrogen) atoms. The summed E-state index contributed by atoms with van der Waals surface area (Å²) in [4.78, 5) is 12.9. The molecule has 0 N–H and O–H groups in total. The van der Waals surface area contributed by atoms with Crippen molar-refractivity contribution in [2.75, 3.05) is 0 Å². The van der Waals surface area contributed by atoms with Crippen molar-refractivity contribution in [1.82, 2.24) is 24.6 Å². The predicted octanol–water partition coefficient (Wildman–Crippen LogP) is 4.73. The van der Waals surface area contributed by atoms with Gasteiger partial charge in [-0.05, 0) is 30.7 Å². The van der Waals surface area contributed by atoms with Gasteiger partial charge >= 0.3 is 6.18 Å². The number of nitrogens with zero attached hydrogens (tertiary/aromatic N) is 5. The number of alkyl halides is 3. The lowest BCUT2D eigenvalue weighted by Crippen LogP contribution is -2.05. The smallest absolute Gasteiger partial charge is 0.249 e. The zero-order valence-electron chi connectivity index (χ0n) is 15.4. The standard InChI is InChI=1S/C20H16F3N5S/c1-13-9-16(12-29-18-8-7-15(11-24-18)20(21,22)23)25-19-26-17(27-28(13)19)10-14-5-3-2-4-6-14/h2-9,11H,10,12H2,1H3. The van der Waals surface area contributed by atoms with E-state index in [1.54, 1.807) is 4.52 Å². The lowest BCUT2D eigenvalue weighted by atomic mass is 10.1. The van der Waals surface area contributed by atoms with Gasteiger partial charge in [0, 0.05) is 24.1 Å². The van der Waals surface area contributed by atoms with Gasteiger partial charge in [0.15, 0.2) is 5.82 Å². The van der Waals surface area contributed by atoms with E-state index in [-0.39, 0.29) is 0 Å². The second-order valence-corrected chi connectivity index (χ2v) is 7.46. The number of fused-ring (bicyclic) bond motifs is 1. The number of hydrogen-bond donors (Lipinski definition) is 0. The van der Waals surface area contributed by atoms with Crippen molar-refractivity contribution < 1.29 is 13.2 Å². The summed E-state index contributed by atoms with van der Waals surface area (Å²) in [6, 6.07) is 14.2.